The van der Waals surface area contributed by atoms with Gasteiger partial charge in [-0.05, 0) is 0 Å². The Labute approximate surface area is 59.1 Å². The van der Waals surface area contributed by atoms with Crippen LogP contribution in [0.15, 0.2) is 21.8 Å². The second-order valence-corrected chi connectivity index (χ2v) is 2.36. The van der Waals surface area contributed by atoms with E-state index in [1.54, 1.807) is 12.6 Å². The molecule has 3 nitrogen and oxygen atoms in total. The predicted molar refractivity (Wildman–Crippen MR) is 40.9 cm³/mol. The Bertz CT molecular complexity index is 271. The van der Waals surface area contributed by atoms with Crippen molar-refractivity contribution in [1.82, 2.24) is 0 Å². The first kappa shape index (κ1) is 5.53. The summed E-state index contributed by atoms with van der Waals surface area (Å²) in [6, 6.07) is 0. The van der Waals surface area contributed by atoms with E-state index >= 15 is 0 Å². The highest BCUT2D eigenvalue weighted by atomic mass is 15.2. The van der Waals surface area contributed by atoms with Gasteiger partial charge in [-0.2, -0.15) is 0 Å². The maximum Gasteiger partial charge on any atom is 0.288 e. The molecule has 2 rings (SSSR count). The molecule has 0 spiro atoms. The normalized spacial score (nSPS) is 27.9. The monoisotopic (exact) mass is 134 g/mol. The molecule has 0 radical (unpaired) electrons. The Morgan fingerprint density at radius 2 is 2.50 bits per heavy atom. The van der Waals surface area contributed by atoms with Crippen LogP contribution in [0.3, 0.4) is 0 Å². The van der Waals surface area contributed by atoms with Crippen molar-refractivity contribution in [2.45, 2.75) is 13.1 Å². The van der Waals surface area contributed by atoms with Crippen LogP contribution in [0.5, 0.6) is 0 Å². The van der Waals surface area contributed by atoms with Gasteiger partial charge in [0.2, 0.25) is 6.17 Å². The van der Waals surface area contributed by atoms with Gasteiger partial charge in [0.05, 0.1) is 6.21 Å². The zero-order valence-electron chi connectivity index (χ0n) is 5.73. The lowest BCUT2D eigenvalue weighted by Crippen LogP contribution is -2.21. The Morgan fingerprint density at radius 1 is 1.60 bits per heavy atom. The lowest BCUT2D eigenvalue weighted by molar-refractivity contribution is -0.419. The second-order valence-electron chi connectivity index (χ2n) is 2.36. The fraction of sp³-hybridized carbons (Fsp3) is 0.286. The predicted octanol–water partition coefficient (Wildman–Crippen LogP) is 0.426. The summed E-state index contributed by atoms with van der Waals surface area (Å²) in [4.78, 5) is 8.31. The van der Waals surface area contributed by atoms with Crippen LogP contribution in [0.4, 0.5) is 0 Å². The Hall–Kier alpha value is -1.25. The molecule has 0 fully saturated rings. The molecule has 3 heteroatoms. The van der Waals surface area contributed by atoms with E-state index in [0.717, 1.165) is 5.70 Å². The molecule has 0 aromatic carbocycles. The molecule has 0 aliphatic carbocycles. The fourth-order valence-electron chi connectivity index (χ4n) is 1.02. The van der Waals surface area contributed by atoms with E-state index in [1.807, 2.05) is 23.8 Å². The molecule has 0 aromatic rings. The van der Waals surface area contributed by atoms with E-state index in [1.165, 1.54) is 0 Å². The number of hydrogen-bond acceptors (Lipinski definition) is 2. The molecule has 0 amide bonds. The minimum atomic E-state index is 0.178. The zero-order chi connectivity index (χ0) is 6.97. The van der Waals surface area contributed by atoms with Crippen LogP contribution in [0.2, 0.25) is 0 Å². The third-order valence-electron chi connectivity index (χ3n) is 1.57. The van der Waals surface area contributed by atoms with E-state index in [2.05, 4.69) is 9.98 Å². The summed E-state index contributed by atoms with van der Waals surface area (Å²) in [6.07, 6.45) is 7.72. The van der Waals surface area contributed by atoms with Crippen LogP contribution in [-0.2, 0) is 0 Å². The third kappa shape index (κ3) is 0.708. The quantitative estimate of drug-likeness (QED) is 0.430. The average Bonchev–Trinajstić information content (AvgIpc) is 2.33. The maximum atomic E-state index is 4.19. The van der Waals surface area contributed by atoms with Crippen LogP contribution >= 0.6 is 0 Å². The van der Waals surface area contributed by atoms with Crippen molar-refractivity contribution in [2.24, 2.45) is 9.98 Å². The van der Waals surface area contributed by atoms with Gasteiger partial charge in [0.15, 0.2) is 5.70 Å². The molecule has 0 saturated heterocycles. The minimum Gasteiger partial charge on any atom is -0.239 e. The summed E-state index contributed by atoms with van der Waals surface area (Å²) in [5, 5.41) is 0. The smallest absolute Gasteiger partial charge is 0.239 e. The number of hydrogen-bond donors (Lipinski definition) is 0. The lowest BCUT2D eigenvalue weighted by atomic mass is 10.3. The molecule has 1 unspecified atom stereocenters. The summed E-state index contributed by atoms with van der Waals surface area (Å²) < 4.78 is 1.97. The van der Waals surface area contributed by atoms with Crippen molar-refractivity contribution < 1.29 is 4.58 Å². The number of allylic oxidation sites excluding steroid dienone is 1. The Kier molecular flexibility index (Phi) is 1.03. The maximum absolute atomic E-state index is 4.19. The van der Waals surface area contributed by atoms with E-state index in [4.69, 9.17) is 0 Å². The van der Waals surface area contributed by atoms with Gasteiger partial charge in [0, 0.05) is 13.0 Å². The van der Waals surface area contributed by atoms with E-state index < -0.39 is 0 Å². The largest absolute Gasteiger partial charge is 0.288 e. The van der Waals surface area contributed by atoms with Gasteiger partial charge in [-0.25, -0.2) is 9.57 Å². The Morgan fingerprint density at radius 3 is 3.40 bits per heavy atom. The first-order valence-corrected chi connectivity index (χ1v) is 3.23. The number of aliphatic imine (C=N–C) groups is 2. The number of rotatable bonds is 0. The first-order chi connectivity index (χ1) is 4.86. The summed E-state index contributed by atoms with van der Waals surface area (Å²) in [5.74, 6) is 0. The highest BCUT2D eigenvalue weighted by molar-refractivity contribution is 6.15. The highest BCUT2D eigenvalue weighted by Crippen LogP contribution is 2.08. The van der Waals surface area contributed by atoms with Crippen molar-refractivity contribution in [1.29, 1.82) is 0 Å². The van der Waals surface area contributed by atoms with Crippen molar-refractivity contribution >= 4 is 18.8 Å². The molecular formula is C7H8N3+. The van der Waals surface area contributed by atoms with Crippen LogP contribution in [0, 0.1) is 0 Å². The molecular weight excluding hydrogens is 126 g/mol. The van der Waals surface area contributed by atoms with Gasteiger partial charge < -0.3 is 0 Å². The summed E-state index contributed by atoms with van der Waals surface area (Å²) in [6.45, 7) is 1.97. The Balaban J connectivity index is 2.39. The lowest BCUT2D eigenvalue weighted by Gasteiger charge is -2.03. The molecule has 50 valence electrons. The fourth-order valence-corrected chi connectivity index (χ4v) is 1.02. The topological polar surface area (TPSA) is 27.7 Å². The van der Waals surface area contributed by atoms with Crippen molar-refractivity contribution in [3.8, 4) is 0 Å². The first-order valence-electron chi connectivity index (χ1n) is 3.23. The van der Waals surface area contributed by atoms with Crippen LogP contribution < -0.4 is 0 Å². The van der Waals surface area contributed by atoms with Gasteiger partial charge in [0.1, 0.15) is 6.21 Å². The van der Waals surface area contributed by atoms with E-state index in [9.17, 15) is 0 Å². The molecule has 1 atom stereocenters. The molecule has 0 N–H and O–H groups in total. The van der Waals surface area contributed by atoms with Crippen molar-refractivity contribution in [3.63, 3.8) is 0 Å². The number of fused-ring (bicyclic) bond motifs is 1. The molecule has 2 aliphatic rings. The minimum absolute atomic E-state index is 0.178. The van der Waals surface area contributed by atoms with Gasteiger partial charge in [0.25, 0.3) is 6.34 Å². The highest BCUT2D eigenvalue weighted by Gasteiger charge is 2.19. The van der Waals surface area contributed by atoms with Gasteiger partial charge >= 0.3 is 0 Å². The number of nitrogens with zero attached hydrogens (tertiary/aromatic N) is 3. The van der Waals surface area contributed by atoms with Crippen LogP contribution in [-0.4, -0.2) is 29.5 Å². The molecule has 10 heavy (non-hydrogen) atoms. The van der Waals surface area contributed by atoms with Crippen molar-refractivity contribution in [3.05, 3.63) is 11.8 Å². The molecule has 2 aliphatic heterocycles. The SMILES string of the molecule is CC1=CC2N=CC=[N+]2C=N1. The zero-order valence-corrected chi connectivity index (χ0v) is 5.73. The molecule has 0 bridgehead atoms. The molecule has 0 aromatic heterocycles. The summed E-state index contributed by atoms with van der Waals surface area (Å²) in [5.41, 5.74) is 1.04. The van der Waals surface area contributed by atoms with E-state index in [-0.39, 0.29) is 6.17 Å². The average molecular weight is 134 g/mol. The van der Waals surface area contributed by atoms with Gasteiger partial charge in [-0.15, -0.1) is 0 Å². The van der Waals surface area contributed by atoms with E-state index in [0.29, 0.717) is 0 Å². The molecule has 0 saturated carbocycles. The van der Waals surface area contributed by atoms with Gasteiger partial charge in [-0.3, -0.25) is 0 Å². The molecule has 2 heterocycles. The summed E-state index contributed by atoms with van der Waals surface area (Å²) >= 11 is 0. The standard InChI is InChI=1S/C7H8N3/c1-6-4-7-8-2-3-10(7)5-9-6/h2-5,7H,1H3/q+1. The van der Waals surface area contributed by atoms with Gasteiger partial charge in [-0.1, -0.05) is 4.99 Å². The second kappa shape index (κ2) is 1.87. The summed E-state index contributed by atoms with van der Waals surface area (Å²) in [7, 11) is 0. The van der Waals surface area contributed by atoms with Crippen LogP contribution in [0.25, 0.3) is 0 Å². The van der Waals surface area contributed by atoms with Crippen molar-refractivity contribution in [2.75, 3.05) is 0 Å². The van der Waals surface area contributed by atoms with Crippen LogP contribution in [0.1, 0.15) is 6.92 Å². The third-order valence-corrected chi connectivity index (χ3v) is 1.57.